The van der Waals surface area contributed by atoms with Gasteiger partial charge in [-0.3, -0.25) is 0 Å². The maximum Gasteiger partial charge on any atom is 0.0153 e. The van der Waals surface area contributed by atoms with Crippen molar-refractivity contribution >= 4 is 11.8 Å². The molecule has 0 heterocycles. The van der Waals surface area contributed by atoms with Gasteiger partial charge in [-0.2, -0.15) is 11.8 Å². The monoisotopic (exact) mass is 189 g/mol. The summed E-state index contributed by atoms with van der Waals surface area (Å²) in [5.41, 5.74) is 5.92. The van der Waals surface area contributed by atoms with E-state index in [1.54, 1.807) is 0 Å². The van der Waals surface area contributed by atoms with Gasteiger partial charge in [0.05, 0.1) is 0 Å². The van der Waals surface area contributed by atoms with Crippen LogP contribution in [0.15, 0.2) is 0 Å². The molecule has 12 heavy (non-hydrogen) atoms. The number of hydrogen-bond donors (Lipinski definition) is 1. The Bertz CT molecular complexity index is 104. The van der Waals surface area contributed by atoms with E-state index >= 15 is 0 Å². The third kappa shape index (κ3) is 5.90. The fourth-order valence-electron chi connectivity index (χ4n) is 0.716. The van der Waals surface area contributed by atoms with Crippen molar-refractivity contribution < 1.29 is 0 Å². The van der Waals surface area contributed by atoms with Crippen LogP contribution in [0.5, 0.6) is 0 Å². The predicted octanol–water partition coefficient (Wildman–Crippen LogP) is 2.75. The summed E-state index contributed by atoms with van der Waals surface area (Å²) in [6.07, 6.45) is 1.28. The summed E-state index contributed by atoms with van der Waals surface area (Å²) in [4.78, 5) is 0. The quantitative estimate of drug-likeness (QED) is 0.695. The normalized spacial score (nSPS) is 16.5. The Labute approximate surface area is 81.5 Å². The molecule has 0 aliphatic heterocycles. The molecule has 0 aromatic rings. The molecule has 0 aromatic carbocycles. The smallest absolute Gasteiger partial charge is 0.0153 e. The van der Waals surface area contributed by atoms with Gasteiger partial charge in [-0.1, -0.05) is 34.1 Å². The maximum absolute atomic E-state index is 5.92. The first-order valence-electron chi connectivity index (χ1n) is 4.91. The van der Waals surface area contributed by atoms with Crippen LogP contribution in [-0.4, -0.2) is 17.5 Å². The largest absolute Gasteiger partial charge is 0.327 e. The van der Waals surface area contributed by atoms with E-state index in [2.05, 4.69) is 27.7 Å². The molecular weight excluding hydrogens is 166 g/mol. The van der Waals surface area contributed by atoms with Gasteiger partial charge in [-0.15, -0.1) is 0 Å². The van der Waals surface area contributed by atoms with Gasteiger partial charge in [0.1, 0.15) is 0 Å². The van der Waals surface area contributed by atoms with Crippen LogP contribution >= 0.6 is 11.8 Å². The molecule has 0 saturated heterocycles. The molecule has 0 radical (unpaired) electrons. The van der Waals surface area contributed by atoms with E-state index in [0.29, 0.717) is 12.0 Å². The average Bonchev–Trinajstić information content (AvgIpc) is 2.03. The Balaban J connectivity index is 3.30. The summed E-state index contributed by atoms with van der Waals surface area (Å²) < 4.78 is 0. The van der Waals surface area contributed by atoms with Crippen molar-refractivity contribution in [3.8, 4) is 0 Å². The molecular formula is C10H23NS. The number of rotatable bonds is 6. The van der Waals surface area contributed by atoms with Gasteiger partial charge in [0.2, 0.25) is 0 Å². The predicted molar refractivity (Wildman–Crippen MR) is 59.6 cm³/mol. The van der Waals surface area contributed by atoms with Gasteiger partial charge in [0.15, 0.2) is 0 Å². The summed E-state index contributed by atoms with van der Waals surface area (Å²) in [6, 6.07) is 0.374. The molecule has 2 heteroatoms. The van der Waals surface area contributed by atoms with Crippen molar-refractivity contribution in [1.82, 2.24) is 0 Å². The van der Waals surface area contributed by atoms with Gasteiger partial charge in [0, 0.05) is 11.8 Å². The lowest BCUT2D eigenvalue weighted by Gasteiger charge is -2.16. The van der Waals surface area contributed by atoms with Crippen LogP contribution in [0.25, 0.3) is 0 Å². The highest BCUT2D eigenvalue weighted by molar-refractivity contribution is 7.99. The Hall–Kier alpha value is 0.310. The Morgan fingerprint density at radius 2 is 1.75 bits per heavy atom. The Kier molecular flexibility index (Phi) is 6.96. The Morgan fingerprint density at radius 1 is 1.17 bits per heavy atom. The van der Waals surface area contributed by atoms with Gasteiger partial charge >= 0.3 is 0 Å². The molecule has 0 amide bonds. The molecule has 0 bridgehead atoms. The summed E-state index contributed by atoms with van der Waals surface area (Å²) in [7, 11) is 0. The van der Waals surface area contributed by atoms with Crippen LogP contribution in [-0.2, 0) is 0 Å². The molecule has 2 N–H and O–H groups in total. The van der Waals surface area contributed by atoms with Gasteiger partial charge in [0.25, 0.3) is 0 Å². The van der Waals surface area contributed by atoms with Crippen molar-refractivity contribution in [3.05, 3.63) is 0 Å². The van der Waals surface area contributed by atoms with Gasteiger partial charge in [-0.05, 0) is 17.6 Å². The first-order valence-corrected chi connectivity index (χ1v) is 6.06. The standard InChI is InChI=1S/C10H23NS/c1-5-9(4)6-12-7-10(11)8(2)3/h8-10H,5-7,11H2,1-4H3. The van der Waals surface area contributed by atoms with Crippen LogP contribution in [0.3, 0.4) is 0 Å². The molecule has 0 spiro atoms. The fraction of sp³-hybridized carbons (Fsp3) is 1.00. The summed E-state index contributed by atoms with van der Waals surface area (Å²) in [6.45, 7) is 8.92. The van der Waals surface area contributed by atoms with Gasteiger partial charge in [-0.25, -0.2) is 0 Å². The van der Waals surface area contributed by atoms with E-state index in [4.69, 9.17) is 5.73 Å². The molecule has 0 aliphatic rings. The second-order valence-corrected chi connectivity index (χ2v) is 5.03. The highest BCUT2D eigenvalue weighted by Gasteiger charge is 2.07. The zero-order valence-electron chi connectivity index (χ0n) is 8.84. The molecule has 0 aromatic heterocycles. The third-order valence-corrected chi connectivity index (χ3v) is 3.69. The van der Waals surface area contributed by atoms with Crippen molar-refractivity contribution in [1.29, 1.82) is 0 Å². The highest BCUT2D eigenvalue weighted by Crippen LogP contribution is 2.13. The highest BCUT2D eigenvalue weighted by atomic mass is 32.2. The summed E-state index contributed by atoms with van der Waals surface area (Å²) >= 11 is 2.00. The van der Waals surface area contributed by atoms with Crippen LogP contribution < -0.4 is 5.73 Å². The molecule has 2 unspecified atom stereocenters. The molecule has 1 nitrogen and oxygen atoms in total. The minimum atomic E-state index is 0.374. The molecule has 0 fully saturated rings. The first kappa shape index (κ1) is 12.3. The Morgan fingerprint density at radius 3 is 2.17 bits per heavy atom. The zero-order chi connectivity index (χ0) is 9.56. The van der Waals surface area contributed by atoms with E-state index in [9.17, 15) is 0 Å². The molecule has 74 valence electrons. The third-order valence-electron chi connectivity index (χ3n) is 2.27. The molecule has 0 rings (SSSR count). The molecule has 2 atom stereocenters. The average molecular weight is 189 g/mol. The second-order valence-electron chi connectivity index (χ2n) is 3.96. The lowest BCUT2D eigenvalue weighted by atomic mass is 10.1. The van der Waals surface area contributed by atoms with Gasteiger partial charge < -0.3 is 5.73 Å². The number of thioether (sulfide) groups is 1. The lowest BCUT2D eigenvalue weighted by molar-refractivity contribution is 0.534. The SMILES string of the molecule is CCC(C)CSCC(N)C(C)C. The van der Waals surface area contributed by atoms with E-state index in [1.807, 2.05) is 11.8 Å². The van der Waals surface area contributed by atoms with Crippen molar-refractivity contribution in [2.24, 2.45) is 17.6 Å². The maximum atomic E-state index is 5.92. The van der Waals surface area contributed by atoms with Crippen LogP contribution in [0, 0.1) is 11.8 Å². The van der Waals surface area contributed by atoms with Crippen LogP contribution in [0.2, 0.25) is 0 Å². The molecule has 0 saturated carbocycles. The van der Waals surface area contributed by atoms with Crippen LogP contribution in [0.1, 0.15) is 34.1 Å². The van der Waals surface area contributed by atoms with Crippen LogP contribution in [0.4, 0.5) is 0 Å². The van der Waals surface area contributed by atoms with E-state index in [0.717, 1.165) is 11.7 Å². The topological polar surface area (TPSA) is 26.0 Å². The van der Waals surface area contributed by atoms with Crippen molar-refractivity contribution in [2.75, 3.05) is 11.5 Å². The minimum Gasteiger partial charge on any atom is -0.327 e. The first-order chi connectivity index (χ1) is 5.57. The zero-order valence-corrected chi connectivity index (χ0v) is 9.66. The second kappa shape index (κ2) is 6.79. The van der Waals surface area contributed by atoms with E-state index < -0.39 is 0 Å². The number of nitrogens with two attached hydrogens (primary N) is 1. The minimum absolute atomic E-state index is 0.374. The summed E-state index contributed by atoms with van der Waals surface area (Å²) in [5.74, 6) is 3.84. The molecule has 0 aliphatic carbocycles. The fourth-order valence-corrected chi connectivity index (χ4v) is 2.15. The van der Waals surface area contributed by atoms with Crippen molar-refractivity contribution in [2.45, 2.75) is 40.2 Å². The lowest BCUT2D eigenvalue weighted by Crippen LogP contribution is -2.29. The summed E-state index contributed by atoms with van der Waals surface area (Å²) in [5, 5.41) is 0. The van der Waals surface area contributed by atoms with E-state index in [1.165, 1.54) is 12.2 Å². The van der Waals surface area contributed by atoms with Crippen molar-refractivity contribution in [3.63, 3.8) is 0 Å². The number of hydrogen-bond acceptors (Lipinski definition) is 2. The van der Waals surface area contributed by atoms with E-state index in [-0.39, 0.29) is 0 Å².